The average Bonchev–Trinajstić information content (AvgIpc) is 2.93. The van der Waals surface area contributed by atoms with Crippen LogP contribution in [0.5, 0.6) is 0 Å². The third-order valence-electron chi connectivity index (χ3n) is 6.18. The zero-order valence-electron chi connectivity index (χ0n) is 18.5. The molecule has 0 bridgehead atoms. The van der Waals surface area contributed by atoms with E-state index in [0.29, 0.717) is 30.3 Å². The van der Waals surface area contributed by atoms with Gasteiger partial charge in [0.05, 0.1) is 11.7 Å². The number of carbonyl (C=O) groups excluding carboxylic acids is 1. The summed E-state index contributed by atoms with van der Waals surface area (Å²) in [5, 5.41) is 3.76. The lowest BCUT2D eigenvalue weighted by atomic mass is 9.88. The number of rotatable bonds is 6. The predicted molar refractivity (Wildman–Crippen MR) is 120 cm³/mol. The molecule has 3 rings (SSSR count). The first-order chi connectivity index (χ1) is 13.6. The lowest BCUT2D eigenvalue weighted by molar-refractivity contribution is -0.122. The molecule has 1 aliphatic heterocycles. The monoisotopic (exact) mass is 418 g/mol. The summed E-state index contributed by atoms with van der Waals surface area (Å²) < 4.78 is 1.56. The molecule has 7 heteroatoms. The number of aryl methyl sites for hydroxylation is 3. The van der Waals surface area contributed by atoms with Crippen LogP contribution in [0.25, 0.3) is 10.2 Å². The smallest absolute Gasteiger partial charge is 0.262 e. The fourth-order valence-electron chi connectivity index (χ4n) is 4.32. The number of carbonyl (C=O) groups is 1. The van der Waals surface area contributed by atoms with Gasteiger partial charge in [0.25, 0.3) is 5.56 Å². The third-order valence-corrected chi connectivity index (χ3v) is 7.29. The van der Waals surface area contributed by atoms with E-state index in [1.54, 1.807) is 22.2 Å². The molecule has 1 amide bonds. The van der Waals surface area contributed by atoms with Gasteiger partial charge in [-0.25, -0.2) is 4.98 Å². The number of hydrogen-bond acceptors (Lipinski definition) is 5. The van der Waals surface area contributed by atoms with E-state index >= 15 is 0 Å². The average molecular weight is 419 g/mol. The number of aromatic nitrogens is 2. The van der Waals surface area contributed by atoms with Gasteiger partial charge >= 0.3 is 0 Å². The second-order valence-electron chi connectivity index (χ2n) is 9.40. The van der Waals surface area contributed by atoms with Gasteiger partial charge in [-0.05, 0) is 51.5 Å². The van der Waals surface area contributed by atoms with Gasteiger partial charge in [-0.1, -0.05) is 13.8 Å². The molecule has 1 saturated heterocycles. The minimum Gasteiger partial charge on any atom is -0.354 e. The zero-order valence-corrected chi connectivity index (χ0v) is 19.4. The Morgan fingerprint density at radius 2 is 1.93 bits per heavy atom. The second-order valence-corrected chi connectivity index (χ2v) is 10.6. The van der Waals surface area contributed by atoms with Crippen molar-refractivity contribution in [2.24, 2.45) is 11.8 Å². The van der Waals surface area contributed by atoms with Gasteiger partial charge in [-0.2, -0.15) is 0 Å². The summed E-state index contributed by atoms with van der Waals surface area (Å²) in [6, 6.07) is 0. The number of nitrogens with zero attached hydrogens (tertiary/aromatic N) is 3. The normalized spacial score (nSPS) is 20.9. The van der Waals surface area contributed by atoms with Crippen molar-refractivity contribution in [3.05, 3.63) is 27.1 Å². The largest absolute Gasteiger partial charge is 0.354 e. The van der Waals surface area contributed by atoms with Crippen LogP contribution in [-0.2, 0) is 11.3 Å². The van der Waals surface area contributed by atoms with Crippen molar-refractivity contribution in [1.82, 2.24) is 19.8 Å². The molecule has 2 unspecified atom stereocenters. The van der Waals surface area contributed by atoms with Crippen LogP contribution < -0.4 is 10.9 Å². The number of piperidine rings is 1. The molecular formula is C22H34N4O2S. The summed E-state index contributed by atoms with van der Waals surface area (Å²) in [7, 11) is 0. The number of amides is 1. The summed E-state index contributed by atoms with van der Waals surface area (Å²) in [5.74, 6) is 1.35. The number of hydrogen-bond donors (Lipinski definition) is 1. The number of likely N-dealkylation sites (tertiary alicyclic amines) is 1. The Hall–Kier alpha value is -1.73. The first kappa shape index (κ1) is 22.0. The first-order valence-electron chi connectivity index (χ1n) is 10.6. The van der Waals surface area contributed by atoms with Gasteiger partial charge in [-0.3, -0.25) is 19.1 Å². The van der Waals surface area contributed by atoms with Crippen molar-refractivity contribution >= 4 is 27.5 Å². The van der Waals surface area contributed by atoms with Gasteiger partial charge in [0, 0.05) is 43.0 Å². The van der Waals surface area contributed by atoms with E-state index in [9.17, 15) is 9.59 Å². The summed E-state index contributed by atoms with van der Waals surface area (Å²) in [6.45, 7) is 16.1. The van der Waals surface area contributed by atoms with Crippen molar-refractivity contribution < 1.29 is 4.79 Å². The Balaban J connectivity index is 1.57. The molecule has 0 aliphatic carbocycles. The van der Waals surface area contributed by atoms with E-state index in [1.165, 1.54) is 6.42 Å². The van der Waals surface area contributed by atoms with E-state index in [-0.39, 0.29) is 23.4 Å². The van der Waals surface area contributed by atoms with E-state index in [2.05, 4.69) is 42.9 Å². The maximum atomic E-state index is 12.8. The summed E-state index contributed by atoms with van der Waals surface area (Å²) in [6.07, 6.45) is 3.11. The lowest BCUT2D eigenvalue weighted by Gasteiger charge is -2.45. The van der Waals surface area contributed by atoms with Gasteiger partial charge < -0.3 is 5.32 Å². The Morgan fingerprint density at radius 1 is 1.28 bits per heavy atom. The van der Waals surface area contributed by atoms with Crippen LogP contribution in [0.4, 0.5) is 0 Å². The molecule has 0 aromatic carbocycles. The van der Waals surface area contributed by atoms with E-state index in [0.717, 1.165) is 28.4 Å². The van der Waals surface area contributed by atoms with Crippen molar-refractivity contribution in [3.8, 4) is 0 Å². The summed E-state index contributed by atoms with van der Waals surface area (Å²) in [5.41, 5.74) is 0.857. The number of fused-ring (bicyclic) bond motifs is 1. The van der Waals surface area contributed by atoms with Crippen LogP contribution in [0.2, 0.25) is 0 Å². The molecule has 2 aromatic heterocycles. The van der Waals surface area contributed by atoms with Crippen LogP contribution in [0.15, 0.2) is 11.1 Å². The lowest BCUT2D eigenvalue weighted by Crippen LogP contribution is -2.56. The first-order valence-corrected chi connectivity index (χ1v) is 11.4. The van der Waals surface area contributed by atoms with Crippen molar-refractivity contribution in [2.75, 3.05) is 19.6 Å². The molecule has 6 nitrogen and oxygen atoms in total. The Bertz CT molecular complexity index is 936. The number of thiophene rings is 1. The summed E-state index contributed by atoms with van der Waals surface area (Å²) >= 11 is 1.54. The molecule has 2 atom stereocenters. The van der Waals surface area contributed by atoms with Gasteiger partial charge in [0.15, 0.2) is 0 Å². The van der Waals surface area contributed by atoms with Crippen molar-refractivity contribution in [3.63, 3.8) is 0 Å². The topological polar surface area (TPSA) is 67.2 Å². The van der Waals surface area contributed by atoms with Crippen LogP contribution in [0.1, 0.15) is 51.0 Å². The van der Waals surface area contributed by atoms with Crippen LogP contribution >= 0.6 is 11.3 Å². The quantitative estimate of drug-likeness (QED) is 0.781. The molecule has 1 fully saturated rings. The highest BCUT2D eigenvalue weighted by Crippen LogP contribution is 2.27. The highest BCUT2D eigenvalue weighted by atomic mass is 32.1. The molecule has 29 heavy (non-hydrogen) atoms. The maximum absolute atomic E-state index is 12.8. The molecule has 1 N–H and O–H groups in total. The fourth-order valence-corrected chi connectivity index (χ4v) is 5.31. The Kier molecular flexibility index (Phi) is 6.48. The summed E-state index contributed by atoms with van der Waals surface area (Å²) in [4.78, 5) is 34.0. The molecule has 3 heterocycles. The Morgan fingerprint density at radius 3 is 2.59 bits per heavy atom. The molecule has 0 radical (unpaired) electrons. The van der Waals surface area contributed by atoms with E-state index in [4.69, 9.17) is 0 Å². The molecule has 1 aliphatic rings. The van der Waals surface area contributed by atoms with Gasteiger partial charge in [0.2, 0.25) is 5.91 Å². The van der Waals surface area contributed by atoms with Crippen LogP contribution in [-0.4, -0.2) is 45.5 Å². The Labute approximate surface area is 177 Å². The van der Waals surface area contributed by atoms with E-state index < -0.39 is 0 Å². The van der Waals surface area contributed by atoms with Crippen LogP contribution in [0, 0.1) is 25.7 Å². The highest BCUT2D eigenvalue weighted by Gasteiger charge is 2.32. The molecule has 2 aromatic rings. The minimum absolute atomic E-state index is 0.0265. The molecule has 0 saturated carbocycles. The third kappa shape index (κ3) is 4.89. The SMILES string of the molecule is Cc1sc2ncn(CCC(=O)NCC(C)(C)N3CC(C)CC(C)C3)c(=O)c2c1C. The fraction of sp³-hybridized carbons (Fsp3) is 0.682. The highest BCUT2D eigenvalue weighted by molar-refractivity contribution is 7.18. The van der Waals surface area contributed by atoms with Crippen molar-refractivity contribution in [2.45, 2.75) is 66.5 Å². The molecular weight excluding hydrogens is 384 g/mol. The minimum atomic E-state index is -0.0821. The second kappa shape index (κ2) is 8.56. The maximum Gasteiger partial charge on any atom is 0.262 e. The number of nitrogens with one attached hydrogen (secondary N) is 1. The standard InChI is InChI=1S/C22H34N4O2S/c1-14-9-15(2)11-26(10-14)22(5,6)12-23-18(27)7-8-25-13-24-20-19(21(25)28)16(3)17(4)29-20/h13-15H,7-12H2,1-6H3,(H,23,27). The van der Waals surface area contributed by atoms with Crippen LogP contribution in [0.3, 0.4) is 0 Å². The molecule has 160 valence electrons. The van der Waals surface area contributed by atoms with E-state index in [1.807, 2.05) is 13.8 Å². The zero-order chi connectivity index (χ0) is 21.3. The van der Waals surface area contributed by atoms with Crippen molar-refractivity contribution in [1.29, 1.82) is 0 Å². The molecule has 0 spiro atoms. The van der Waals surface area contributed by atoms with Gasteiger partial charge in [-0.15, -0.1) is 11.3 Å². The predicted octanol–water partition coefficient (Wildman–Crippen LogP) is 3.34. The van der Waals surface area contributed by atoms with Gasteiger partial charge in [0.1, 0.15) is 4.83 Å².